The highest BCUT2D eigenvalue weighted by Gasteiger charge is 2.34. The molecule has 1 amide bonds. The van der Waals surface area contributed by atoms with Crippen molar-refractivity contribution in [3.8, 4) is 0 Å². The first kappa shape index (κ1) is 29.7. The molecule has 1 fully saturated rings. The van der Waals surface area contributed by atoms with Crippen molar-refractivity contribution in [3.63, 3.8) is 0 Å². The Hall–Kier alpha value is -3.38. The van der Waals surface area contributed by atoms with Crippen molar-refractivity contribution in [1.29, 1.82) is 0 Å². The summed E-state index contributed by atoms with van der Waals surface area (Å²) in [4.78, 5) is 53.9. The summed E-state index contributed by atoms with van der Waals surface area (Å²) in [7, 11) is 3.11. The molecule has 4 aromatic rings. The van der Waals surface area contributed by atoms with E-state index in [9.17, 15) is 14.4 Å². The van der Waals surface area contributed by atoms with Gasteiger partial charge in [0.1, 0.15) is 16.6 Å². The van der Waals surface area contributed by atoms with Crippen LogP contribution in [0.25, 0.3) is 11.2 Å². The van der Waals surface area contributed by atoms with Gasteiger partial charge in [-0.3, -0.25) is 18.7 Å². The predicted molar refractivity (Wildman–Crippen MR) is 171 cm³/mol. The highest BCUT2D eigenvalue weighted by molar-refractivity contribution is 8.00. The van der Waals surface area contributed by atoms with Gasteiger partial charge in [0.2, 0.25) is 5.91 Å². The van der Waals surface area contributed by atoms with E-state index < -0.39 is 0 Å². The van der Waals surface area contributed by atoms with Crippen molar-refractivity contribution in [2.45, 2.75) is 29.4 Å². The molecule has 0 bridgehead atoms. The van der Waals surface area contributed by atoms with Crippen LogP contribution in [-0.4, -0.2) is 80.6 Å². The van der Waals surface area contributed by atoms with Gasteiger partial charge in [0.15, 0.2) is 5.65 Å². The van der Waals surface area contributed by atoms with Gasteiger partial charge in [0.05, 0.1) is 5.69 Å². The largest absolute Gasteiger partial charge is 0.336 e. The summed E-state index contributed by atoms with van der Waals surface area (Å²) in [6.45, 7) is 6.57. The second-order valence-corrected chi connectivity index (χ2v) is 12.8. The molecule has 4 heterocycles. The third kappa shape index (κ3) is 6.17. The number of imidazole rings is 1. The topological polar surface area (TPSA) is 99.5 Å². The van der Waals surface area contributed by atoms with Crippen molar-refractivity contribution in [2.75, 3.05) is 50.7 Å². The average Bonchev–Trinajstić information content (AvgIpc) is 3.45. The number of aromatic nitrogens is 4. The number of benzene rings is 2. The number of hydrogen-bond donors (Lipinski definition) is 1. The number of hydrogen-bond acceptors (Lipinski definition) is 7. The molecule has 2 aliphatic rings. The highest BCUT2D eigenvalue weighted by atomic mass is 35.5. The van der Waals surface area contributed by atoms with Crippen molar-refractivity contribution in [3.05, 3.63) is 85.8 Å². The smallest absolute Gasteiger partial charge is 0.332 e. The van der Waals surface area contributed by atoms with E-state index in [0.29, 0.717) is 29.2 Å². The van der Waals surface area contributed by atoms with E-state index in [0.717, 1.165) is 78.6 Å². The maximum atomic E-state index is 13.6. The zero-order valence-electron chi connectivity index (χ0n) is 24.5. The summed E-state index contributed by atoms with van der Waals surface area (Å²) < 4.78 is 2.51. The molecular formula is C31H36ClN7O3S. The van der Waals surface area contributed by atoms with Crippen LogP contribution in [0.5, 0.6) is 0 Å². The zero-order chi connectivity index (χ0) is 30.1. The fraction of sp³-hybridized carbons (Fsp3) is 0.419. The van der Waals surface area contributed by atoms with Crippen molar-refractivity contribution >= 4 is 46.1 Å². The SMILES string of the molecule is Cn1c(=O)c2[nH]c(CCCN3CCN(CCCN4C(=O)C(c5ccc(Cl)cc5)Sc5ccccc54)CC3)nc2n(C)c1=O. The van der Waals surface area contributed by atoms with Gasteiger partial charge < -0.3 is 19.7 Å². The molecule has 1 N–H and O–H groups in total. The van der Waals surface area contributed by atoms with Gasteiger partial charge in [-0.25, -0.2) is 9.78 Å². The van der Waals surface area contributed by atoms with E-state index in [1.54, 1.807) is 18.8 Å². The lowest BCUT2D eigenvalue weighted by atomic mass is 10.1. The Labute approximate surface area is 259 Å². The molecule has 6 rings (SSSR count). The summed E-state index contributed by atoms with van der Waals surface area (Å²) >= 11 is 7.71. The molecule has 0 saturated carbocycles. The molecule has 2 aromatic carbocycles. The molecule has 12 heteroatoms. The summed E-state index contributed by atoms with van der Waals surface area (Å²) in [5, 5.41) is 0.399. The standard InChI is InChI=1S/C31H36ClN7O3S/c1-35-28-26(29(40)36(2)31(35)42)33-25(34-28)9-5-14-37-17-19-38(20-18-37)15-6-16-39-23-7-3-4-8-24(23)43-27(30(39)41)21-10-12-22(32)13-11-21/h3-4,7-8,10-13,27H,5-6,9,14-20H2,1-2H3,(H,33,34). The second kappa shape index (κ2) is 12.7. The molecule has 2 aliphatic heterocycles. The van der Waals surface area contributed by atoms with Gasteiger partial charge in [0.25, 0.3) is 5.56 Å². The Morgan fingerprint density at radius 3 is 2.28 bits per heavy atom. The average molecular weight is 622 g/mol. The van der Waals surface area contributed by atoms with Crippen LogP contribution in [0.1, 0.15) is 29.5 Å². The molecule has 43 heavy (non-hydrogen) atoms. The molecule has 1 saturated heterocycles. The van der Waals surface area contributed by atoms with Crippen molar-refractivity contribution in [2.24, 2.45) is 14.1 Å². The Balaban J connectivity index is 0.981. The van der Waals surface area contributed by atoms with Crippen molar-refractivity contribution < 1.29 is 4.79 Å². The molecule has 1 atom stereocenters. The van der Waals surface area contributed by atoms with E-state index in [2.05, 4.69) is 25.8 Å². The number of amides is 1. The first-order chi connectivity index (χ1) is 20.8. The number of para-hydroxylation sites is 1. The summed E-state index contributed by atoms with van der Waals surface area (Å²) in [5.41, 5.74) is 2.04. The molecule has 0 radical (unpaired) electrons. The predicted octanol–water partition coefficient (Wildman–Crippen LogP) is 3.43. The normalized spacial score (nSPS) is 18.0. The number of carbonyl (C=O) groups is 1. The second-order valence-electron chi connectivity index (χ2n) is 11.2. The minimum atomic E-state index is -0.373. The fourth-order valence-corrected chi connectivity index (χ4v) is 7.30. The number of anilines is 1. The molecule has 2 aromatic heterocycles. The maximum absolute atomic E-state index is 13.6. The van der Waals surface area contributed by atoms with Gasteiger partial charge in [-0.2, -0.15) is 0 Å². The van der Waals surface area contributed by atoms with Gasteiger partial charge >= 0.3 is 5.69 Å². The van der Waals surface area contributed by atoms with E-state index in [1.165, 1.54) is 11.6 Å². The number of nitrogens with zero attached hydrogens (tertiary/aromatic N) is 6. The van der Waals surface area contributed by atoms with Crippen molar-refractivity contribution in [1.82, 2.24) is 28.9 Å². The van der Waals surface area contributed by atoms with Crippen LogP contribution in [0, 0.1) is 0 Å². The van der Waals surface area contributed by atoms with E-state index in [4.69, 9.17) is 11.6 Å². The molecule has 10 nitrogen and oxygen atoms in total. The number of halogens is 1. The first-order valence-corrected chi connectivity index (χ1v) is 16.0. The van der Waals surface area contributed by atoms with Gasteiger partial charge in [0, 0.05) is 63.2 Å². The number of nitrogens with one attached hydrogen (secondary N) is 1. The number of rotatable bonds is 9. The lowest BCUT2D eigenvalue weighted by Crippen LogP contribution is -2.47. The van der Waals surface area contributed by atoms with Crippen LogP contribution in [0.15, 0.2) is 63.0 Å². The minimum Gasteiger partial charge on any atom is -0.336 e. The molecule has 0 spiro atoms. The van der Waals surface area contributed by atoms with Crippen LogP contribution in [0.2, 0.25) is 5.02 Å². The van der Waals surface area contributed by atoms with Crippen LogP contribution in [-0.2, 0) is 25.3 Å². The summed E-state index contributed by atoms with van der Waals surface area (Å²) in [6, 6.07) is 15.8. The van der Waals surface area contributed by atoms with Gasteiger partial charge in [-0.1, -0.05) is 35.9 Å². The van der Waals surface area contributed by atoms with Crippen LogP contribution in [0.3, 0.4) is 0 Å². The number of aryl methyl sites for hydroxylation is 2. The number of H-pyrrole nitrogens is 1. The monoisotopic (exact) mass is 621 g/mol. The zero-order valence-corrected chi connectivity index (χ0v) is 26.0. The number of piperazine rings is 1. The van der Waals surface area contributed by atoms with E-state index >= 15 is 0 Å². The lowest BCUT2D eigenvalue weighted by Gasteiger charge is -2.36. The molecule has 0 aliphatic carbocycles. The molecule has 226 valence electrons. The quantitative estimate of drug-likeness (QED) is 0.306. The van der Waals surface area contributed by atoms with Crippen LogP contribution in [0.4, 0.5) is 5.69 Å². The summed E-state index contributed by atoms with van der Waals surface area (Å²) in [5.74, 6) is 0.861. The Bertz CT molecular complexity index is 1740. The Morgan fingerprint density at radius 1 is 0.884 bits per heavy atom. The number of carbonyl (C=O) groups excluding carboxylic acids is 1. The Kier molecular flexibility index (Phi) is 8.76. The fourth-order valence-electron chi connectivity index (χ4n) is 5.95. The lowest BCUT2D eigenvalue weighted by molar-refractivity contribution is -0.118. The maximum Gasteiger partial charge on any atom is 0.332 e. The van der Waals surface area contributed by atoms with Gasteiger partial charge in [-0.05, 0) is 55.8 Å². The third-order valence-electron chi connectivity index (χ3n) is 8.42. The minimum absolute atomic E-state index is 0.128. The Morgan fingerprint density at radius 2 is 1.56 bits per heavy atom. The van der Waals surface area contributed by atoms with Crippen LogP contribution < -0.4 is 16.1 Å². The van der Waals surface area contributed by atoms with E-state index in [-0.39, 0.29) is 22.4 Å². The number of thioether (sulfide) groups is 1. The molecule has 1 unspecified atom stereocenters. The number of fused-ring (bicyclic) bond motifs is 2. The summed E-state index contributed by atoms with van der Waals surface area (Å²) in [6.07, 6.45) is 2.54. The highest BCUT2D eigenvalue weighted by Crippen LogP contribution is 2.46. The van der Waals surface area contributed by atoms with Gasteiger partial charge in [-0.15, -0.1) is 11.8 Å². The third-order valence-corrected chi connectivity index (χ3v) is 9.98. The van der Waals surface area contributed by atoms with E-state index in [1.807, 2.05) is 47.4 Å². The van der Waals surface area contributed by atoms with Crippen LogP contribution >= 0.6 is 23.4 Å². The first-order valence-electron chi connectivity index (χ1n) is 14.7. The molecular weight excluding hydrogens is 586 g/mol. The number of aromatic amines is 1.